The van der Waals surface area contributed by atoms with Crippen LogP contribution in [0.4, 0.5) is 0 Å². The molecule has 1 aromatic rings. The SMILES string of the molecule is CN=C(Cl)c1ccc[n+](OCCC[N+]2(C)CCCCC2)c1O.[I-].[I-]. The number of hydrogen-bond donors (Lipinski definition) is 1. The monoisotopic (exact) mass is 581 g/mol. The van der Waals surface area contributed by atoms with E-state index in [4.69, 9.17) is 16.4 Å². The van der Waals surface area contributed by atoms with Gasteiger partial charge in [-0.2, -0.15) is 0 Å². The van der Waals surface area contributed by atoms with Crippen LogP contribution in [0.5, 0.6) is 5.88 Å². The van der Waals surface area contributed by atoms with Crippen molar-refractivity contribution < 1.29 is 67.1 Å². The fraction of sp³-hybridized carbons (Fsp3) is 0.625. The zero-order valence-electron chi connectivity index (χ0n) is 14.2. The number of pyridine rings is 1. The Morgan fingerprint density at radius 2 is 2.00 bits per heavy atom. The molecule has 1 saturated heterocycles. The second kappa shape index (κ2) is 11.7. The molecule has 138 valence electrons. The minimum absolute atomic E-state index is 0. The number of quaternary nitrogens is 1. The Labute approximate surface area is 183 Å². The van der Waals surface area contributed by atoms with Crippen molar-refractivity contribution in [3.63, 3.8) is 0 Å². The van der Waals surface area contributed by atoms with Gasteiger partial charge >= 0.3 is 5.88 Å². The first-order valence-electron chi connectivity index (χ1n) is 7.89. The van der Waals surface area contributed by atoms with E-state index in [1.165, 1.54) is 37.1 Å². The summed E-state index contributed by atoms with van der Waals surface area (Å²) in [4.78, 5) is 9.53. The van der Waals surface area contributed by atoms with E-state index in [1.807, 2.05) is 0 Å². The quantitative estimate of drug-likeness (QED) is 0.122. The van der Waals surface area contributed by atoms with Crippen LogP contribution in [0.1, 0.15) is 31.2 Å². The van der Waals surface area contributed by atoms with Crippen LogP contribution >= 0.6 is 11.6 Å². The maximum Gasteiger partial charge on any atom is 0.424 e. The molecule has 0 amide bonds. The van der Waals surface area contributed by atoms with Gasteiger partial charge in [0.15, 0.2) is 6.61 Å². The number of likely N-dealkylation sites (tertiary alicyclic amines) is 1. The molecule has 1 aliphatic rings. The second-order valence-electron chi connectivity index (χ2n) is 6.12. The fourth-order valence-electron chi connectivity index (χ4n) is 2.98. The van der Waals surface area contributed by atoms with Crippen LogP contribution < -0.4 is 57.5 Å². The van der Waals surface area contributed by atoms with Gasteiger partial charge in [0, 0.05) is 24.3 Å². The Kier molecular flexibility index (Phi) is 11.8. The topological polar surface area (TPSA) is 45.7 Å². The average molecular weight is 582 g/mol. The first-order chi connectivity index (χ1) is 10.6. The standard InChI is InChI=1S/C16H25ClN3O2.2HI/c1-18-15(17)14-8-6-9-19(16(14)21)22-13-7-12-20(2)10-4-3-5-11-20;;/h6,8-9H,3-5,7,10-13H2,1-2H3;2*1H/q+1;;/p-1. The van der Waals surface area contributed by atoms with E-state index in [0.29, 0.717) is 12.2 Å². The van der Waals surface area contributed by atoms with Crippen molar-refractivity contribution in [1.29, 1.82) is 0 Å². The summed E-state index contributed by atoms with van der Waals surface area (Å²) < 4.78 is 2.49. The zero-order valence-corrected chi connectivity index (χ0v) is 19.3. The molecule has 0 unspecified atom stereocenters. The Balaban J connectivity index is 0.00000264. The van der Waals surface area contributed by atoms with Crippen molar-refractivity contribution in [3.05, 3.63) is 23.9 Å². The smallest absolute Gasteiger partial charge is 0.424 e. The van der Waals surface area contributed by atoms with Gasteiger partial charge in [-0.25, -0.2) is 0 Å². The molecular weight excluding hydrogens is 555 g/mol. The molecule has 0 bridgehead atoms. The molecule has 0 spiro atoms. The molecule has 24 heavy (non-hydrogen) atoms. The largest absolute Gasteiger partial charge is 1.00 e. The molecule has 2 rings (SSSR count). The summed E-state index contributed by atoms with van der Waals surface area (Å²) in [6.45, 7) is 4.20. The van der Waals surface area contributed by atoms with Gasteiger partial charge in [-0.05, 0) is 25.3 Å². The van der Waals surface area contributed by atoms with E-state index in [2.05, 4.69) is 12.0 Å². The highest BCUT2D eigenvalue weighted by Gasteiger charge is 2.25. The Morgan fingerprint density at radius 3 is 2.62 bits per heavy atom. The van der Waals surface area contributed by atoms with Crippen molar-refractivity contribution >= 4 is 16.8 Å². The van der Waals surface area contributed by atoms with E-state index >= 15 is 0 Å². The third kappa shape index (κ3) is 6.80. The lowest BCUT2D eigenvalue weighted by atomic mass is 10.1. The minimum Gasteiger partial charge on any atom is -1.00 e. The number of hydrogen-bond acceptors (Lipinski definition) is 3. The first-order valence-corrected chi connectivity index (χ1v) is 8.27. The maximum absolute atomic E-state index is 10.2. The number of piperidine rings is 1. The van der Waals surface area contributed by atoms with E-state index < -0.39 is 0 Å². The van der Waals surface area contributed by atoms with Crippen molar-refractivity contribution in [2.24, 2.45) is 4.99 Å². The molecule has 0 aliphatic carbocycles. The highest BCUT2D eigenvalue weighted by Crippen LogP contribution is 2.16. The van der Waals surface area contributed by atoms with Gasteiger partial charge < -0.3 is 57.5 Å². The summed E-state index contributed by atoms with van der Waals surface area (Å²) in [6, 6.07) is 3.49. The molecule has 1 fully saturated rings. The molecule has 0 aromatic carbocycles. The lowest BCUT2D eigenvalue weighted by Crippen LogP contribution is -3.00. The molecule has 0 saturated carbocycles. The van der Waals surface area contributed by atoms with Gasteiger partial charge in [0.05, 0.1) is 26.7 Å². The van der Waals surface area contributed by atoms with Gasteiger partial charge in [-0.1, -0.05) is 11.6 Å². The number of aromatic nitrogens is 1. The minimum atomic E-state index is -0.0172. The van der Waals surface area contributed by atoms with Crippen LogP contribution in [0, 0.1) is 0 Å². The number of nitrogens with zero attached hydrogens (tertiary/aromatic N) is 3. The predicted octanol–water partition coefficient (Wildman–Crippen LogP) is -4.25. The highest BCUT2D eigenvalue weighted by atomic mass is 127. The highest BCUT2D eigenvalue weighted by molar-refractivity contribution is 6.69. The number of aromatic hydroxyl groups is 1. The van der Waals surface area contributed by atoms with Crippen LogP contribution in [0.15, 0.2) is 23.3 Å². The summed E-state index contributed by atoms with van der Waals surface area (Å²) in [5.74, 6) is -0.0172. The van der Waals surface area contributed by atoms with Crippen LogP contribution in [0.2, 0.25) is 0 Å². The first kappa shape index (κ1) is 24.1. The summed E-state index contributed by atoms with van der Waals surface area (Å²) in [5, 5.41) is 10.4. The van der Waals surface area contributed by atoms with Crippen LogP contribution in [-0.2, 0) is 0 Å². The van der Waals surface area contributed by atoms with Crippen molar-refractivity contribution in [3.8, 4) is 5.88 Å². The predicted molar refractivity (Wildman–Crippen MR) is 87.3 cm³/mol. The molecular formula is C16H26ClI2N3O2. The van der Waals surface area contributed by atoms with Crippen LogP contribution in [-0.4, -0.2) is 55.1 Å². The van der Waals surface area contributed by atoms with Gasteiger partial charge in [-0.15, -0.1) is 0 Å². The summed E-state index contributed by atoms with van der Waals surface area (Å²) in [6.07, 6.45) is 6.65. The van der Waals surface area contributed by atoms with E-state index in [1.54, 1.807) is 25.4 Å². The second-order valence-corrected chi connectivity index (χ2v) is 6.48. The van der Waals surface area contributed by atoms with E-state index in [9.17, 15) is 5.11 Å². The van der Waals surface area contributed by atoms with Crippen molar-refractivity contribution in [2.75, 3.05) is 40.3 Å². The van der Waals surface area contributed by atoms with Crippen molar-refractivity contribution in [1.82, 2.24) is 0 Å². The maximum atomic E-state index is 10.2. The molecule has 8 heteroatoms. The lowest BCUT2D eigenvalue weighted by Gasteiger charge is -2.37. The third-order valence-electron chi connectivity index (χ3n) is 4.32. The summed E-state index contributed by atoms with van der Waals surface area (Å²) in [7, 11) is 3.91. The van der Waals surface area contributed by atoms with Gasteiger partial charge in [0.25, 0.3) is 0 Å². The lowest BCUT2D eigenvalue weighted by molar-refractivity contribution is -0.918. The molecule has 0 atom stereocenters. The van der Waals surface area contributed by atoms with E-state index in [0.717, 1.165) is 17.4 Å². The third-order valence-corrected chi connectivity index (χ3v) is 4.69. The van der Waals surface area contributed by atoms with Crippen molar-refractivity contribution in [2.45, 2.75) is 25.7 Å². The molecule has 1 N–H and O–H groups in total. The molecule has 1 aliphatic heterocycles. The summed E-state index contributed by atoms with van der Waals surface area (Å²) >= 11 is 5.97. The fourth-order valence-corrected chi connectivity index (χ4v) is 3.12. The number of aliphatic imine (C=N–C) groups is 1. The summed E-state index contributed by atoms with van der Waals surface area (Å²) in [5.41, 5.74) is 0.474. The van der Waals surface area contributed by atoms with Crippen LogP contribution in [0.3, 0.4) is 0 Å². The number of halogens is 3. The normalized spacial score (nSPS) is 16.7. The Bertz CT molecular complexity index is 538. The number of rotatable bonds is 6. The van der Waals surface area contributed by atoms with Crippen LogP contribution in [0.25, 0.3) is 0 Å². The Hall–Kier alpha value is 0.130. The van der Waals surface area contributed by atoms with E-state index in [-0.39, 0.29) is 59.0 Å². The zero-order chi connectivity index (χ0) is 16.0. The van der Waals surface area contributed by atoms with Gasteiger partial charge in [-0.3, -0.25) is 9.83 Å². The van der Waals surface area contributed by atoms with Gasteiger partial charge in [0.2, 0.25) is 6.20 Å². The molecule has 0 radical (unpaired) electrons. The molecule has 1 aromatic heterocycles. The molecule has 5 nitrogen and oxygen atoms in total. The van der Waals surface area contributed by atoms with Gasteiger partial charge in [0.1, 0.15) is 10.7 Å². The molecule has 2 heterocycles. The Morgan fingerprint density at radius 1 is 1.33 bits per heavy atom. The average Bonchev–Trinajstić information content (AvgIpc) is 2.53.